The van der Waals surface area contributed by atoms with Crippen LogP contribution in [-0.2, 0) is 14.9 Å². The van der Waals surface area contributed by atoms with Crippen LogP contribution in [-0.4, -0.2) is 41.8 Å². The maximum Gasteiger partial charge on any atom is 0.339 e. The molecule has 0 aliphatic rings. The normalized spacial score (nSPS) is 10.8. The number of carbonyl (C=O) groups is 1. The van der Waals surface area contributed by atoms with Gasteiger partial charge in [-0.2, -0.15) is 8.42 Å². The Labute approximate surface area is 186 Å². The first-order chi connectivity index (χ1) is 15.4. The van der Waals surface area contributed by atoms with Crippen molar-refractivity contribution in [1.29, 1.82) is 0 Å². The number of methoxy groups -OCH3 is 2. The lowest BCUT2D eigenvalue weighted by atomic mass is 10.2. The Morgan fingerprint density at radius 2 is 1.47 bits per heavy atom. The van der Waals surface area contributed by atoms with E-state index in [0.29, 0.717) is 11.5 Å². The SMILES string of the molecule is COc1ccc(S(=O)(=O)Oc2ccc(C(=O)OCCOc3ccccc3)cc2)cc1OC. The number of ether oxygens (including phenoxy) is 4. The van der Waals surface area contributed by atoms with Crippen LogP contribution in [0.15, 0.2) is 77.7 Å². The molecule has 0 aliphatic heterocycles. The zero-order chi connectivity index (χ0) is 23.0. The molecule has 0 atom stereocenters. The van der Waals surface area contributed by atoms with Gasteiger partial charge >= 0.3 is 16.1 Å². The molecule has 8 nitrogen and oxygen atoms in total. The summed E-state index contributed by atoms with van der Waals surface area (Å²) in [6.45, 7) is 0.278. The van der Waals surface area contributed by atoms with Gasteiger partial charge in [-0.15, -0.1) is 0 Å². The molecule has 0 saturated carbocycles. The Kier molecular flexibility index (Phi) is 7.56. The molecule has 3 aromatic carbocycles. The van der Waals surface area contributed by atoms with E-state index in [1.165, 1.54) is 56.7 Å². The molecule has 9 heteroatoms. The fourth-order valence-corrected chi connectivity index (χ4v) is 3.63. The van der Waals surface area contributed by atoms with Crippen molar-refractivity contribution < 1.29 is 36.3 Å². The first kappa shape index (κ1) is 23.0. The van der Waals surface area contributed by atoms with Crippen LogP contribution >= 0.6 is 0 Å². The molecule has 0 spiro atoms. The topological polar surface area (TPSA) is 97.4 Å². The standard InChI is InChI=1S/C23H22O8S/c1-27-21-13-12-20(16-22(21)28-2)32(25,26)31-19-10-8-17(9-11-19)23(24)30-15-14-29-18-6-4-3-5-7-18/h3-13,16H,14-15H2,1-2H3. The number of carbonyl (C=O) groups excluding carboxylic acids is 1. The molecule has 3 rings (SSSR count). The predicted octanol–water partition coefficient (Wildman–Crippen LogP) is 3.71. The highest BCUT2D eigenvalue weighted by Gasteiger charge is 2.20. The lowest BCUT2D eigenvalue weighted by Gasteiger charge is -2.11. The molecular weight excluding hydrogens is 436 g/mol. The lowest BCUT2D eigenvalue weighted by molar-refractivity contribution is 0.0450. The van der Waals surface area contributed by atoms with Gasteiger partial charge in [0.2, 0.25) is 0 Å². The summed E-state index contributed by atoms with van der Waals surface area (Å²) in [5.41, 5.74) is 0.251. The van der Waals surface area contributed by atoms with Crippen molar-refractivity contribution in [2.24, 2.45) is 0 Å². The molecule has 0 radical (unpaired) electrons. The van der Waals surface area contributed by atoms with Crippen LogP contribution in [0, 0.1) is 0 Å². The Hall–Kier alpha value is -3.72. The molecule has 0 aromatic heterocycles. The summed E-state index contributed by atoms with van der Waals surface area (Å²) in [6, 6.07) is 18.9. The molecule has 3 aromatic rings. The van der Waals surface area contributed by atoms with E-state index in [4.69, 9.17) is 23.1 Å². The van der Waals surface area contributed by atoms with Gasteiger partial charge in [-0.1, -0.05) is 18.2 Å². The summed E-state index contributed by atoms with van der Waals surface area (Å²) < 4.78 is 51.1. The third-order valence-corrected chi connectivity index (χ3v) is 5.51. The summed E-state index contributed by atoms with van der Waals surface area (Å²) in [7, 11) is -1.26. The molecule has 0 heterocycles. The van der Waals surface area contributed by atoms with E-state index in [9.17, 15) is 13.2 Å². The van der Waals surface area contributed by atoms with Crippen LogP contribution in [0.1, 0.15) is 10.4 Å². The van der Waals surface area contributed by atoms with Crippen LogP contribution < -0.4 is 18.4 Å². The van der Waals surface area contributed by atoms with Gasteiger partial charge in [0.15, 0.2) is 11.5 Å². The van der Waals surface area contributed by atoms with E-state index in [2.05, 4.69) is 0 Å². The van der Waals surface area contributed by atoms with Gasteiger partial charge < -0.3 is 23.1 Å². The van der Waals surface area contributed by atoms with Gasteiger partial charge in [-0.3, -0.25) is 0 Å². The van der Waals surface area contributed by atoms with Gasteiger partial charge in [-0.25, -0.2) is 4.79 Å². The average Bonchev–Trinajstić information content (AvgIpc) is 2.82. The summed E-state index contributed by atoms with van der Waals surface area (Å²) in [4.78, 5) is 12.0. The fourth-order valence-electron chi connectivity index (χ4n) is 2.69. The largest absolute Gasteiger partial charge is 0.493 e. The third kappa shape index (κ3) is 5.92. The van der Waals surface area contributed by atoms with Gasteiger partial charge in [0.1, 0.15) is 29.6 Å². The van der Waals surface area contributed by atoms with Crippen molar-refractivity contribution in [1.82, 2.24) is 0 Å². The number of hydrogen-bond donors (Lipinski definition) is 0. The highest BCUT2D eigenvalue weighted by atomic mass is 32.2. The quantitative estimate of drug-likeness (QED) is 0.258. The maximum atomic E-state index is 12.6. The second-order valence-corrected chi connectivity index (χ2v) is 7.92. The van der Waals surface area contributed by atoms with E-state index in [-0.39, 0.29) is 35.2 Å². The van der Waals surface area contributed by atoms with E-state index >= 15 is 0 Å². The van der Waals surface area contributed by atoms with Gasteiger partial charge in [0.25, 0.3) is 0 Å². The number of para-hydroxylation sites is 1. The van der Waals surface area contributed by atoms with Crippen molar-refractivity contribution in [3.05, 3.63) is 78.4 Å². The second-order valence-electron chi connectivity index (χ2n) is 6.38. The Morgan fingerprint density at radius 3 is 2.12 bits per heavy atom. The number of hydrogen-bond acceptors (Lipinski definition) is 8. The average molecular weight is 458 g/mol. The van der Waals surface area contributed by atoms with Crippen molar-refractivity contribution in [3.8, 4) is 23.0 Å². The predicted molar refractivity (Wildman–Crippen MR) is 116 cm³/mol. The van der Waals surface area contributed by atoms with E-state index in [1.807, 2.05) is 18.2 Å². The van der Waals surface area contributed by atoms with Crippen molar-refractivity contribution in [2.45, 2.75) is 4.90 Å². The molecule has 0 unspecified atom stereocenters. The second kappa shape index (κ2) is 10.5. The smallest absolute Gasteiger partial charge is 0.339 e. The first-order valence-electron chi connectivity index (χ1n) is 9.54. The first-order valence-corrected chi connectivity index (χ1v) is 11.0. The van der Waals surface area contributed by atoms with Gasteiger partial charge in [-0.05, 0) is 48.5 Å². The maximum absolute atomic E-state index is 12.6. The lowest BCUT2D eigenvalue weighted by Crippen LogP contribution is -2.13. The van der Waals surface area contributed by atoms with Crippen LogP contribution in [0.5, 0.6) is 23.0 Å². The Morgan fingerprint density at radius 1 is 0.781 bits per heavy atom. The fraction of sp³-hybridized carbons (Fsp3) is 0.174. The molecule has 32 heavy (non-hydrogen) atoms. The zero-order valence-electron chi connectivity index (χ0n) is 17.5. The molecule has 0 fully saturated rings. The molecule has 168 valence electrons. The van der Waals surface area contributed by atoms with E-state index < -0.39 is 16.1 Å². The minimum atomic E-state index is -4.12. The van der Waals surface area contributed by atoms with Gasteiger partial charge in [0, 0.05) is 6.07 Å². The third-order valence-electron chi connectivity index (χ3n) is 4.27. The Balaban J connectivity index is 1.57. The highest BCUT2D eigenvalue weighted by Crippen LogP contribution is 2.30. The van der Waals surface area contributed by atoms with Crippen LogP contribution in [0.25, 0.3) is 0 Å². The minimum Gasteiger partial charge on any atom is -0.493 e. The molecule has 0 saturated heterocycles. The van der Waals surface area contributed by atoms with Crippen molar-refractivity contribution >= 4 is 16.1 Å². The molecule has 0 bridgehead atoms. The van der Waals surface area contributed by atoms with Gasteiger partial charge in [0.05, 0.1) is 19.8 Å². The summed E-state index contributed by atoms with van der Waals surface area (Å²) in [6.07, 6.45) is 0. The molecule has 0 N–H and O–H groups in total. The summed E-state index contributed by atoms with van der Waals surface area (Å²) >= 11 is 0. The Bertz CT molecular complexity index is 1140. The summed E-state index contributed by atoms with van der Waals surface area (Å²) in [5, 5.41) is 0. The highest BCUT2D eigenvalue weighted by molar-refractivity contribution is 7.87. The van der Waals surface area contributed by atoms with Crippen molar-refractivity contribution in [3.63, 3.8) is 0 Å². The van der Waals surface area contributed by atoms with Crippen molar-refractivity contribution in [2.75, 3.05) is 27.4 Å². The molecule has 0 aliphatic carbocycles. The van der Waals surface area contributed by atoms with E-state index in [1.54, 1.807) is 12.1 Å². The minimum absolute atomic E-state index is 0.0451. The van der Waals surface area contributed by atoms with Crippen LogP contribution in [0.4, 0.5) is 0 Å². The van der Waals surface area contributed by atoms with E-state index in [0.717, 1.165) is 0 Å². The molecular formula is C23H22O8S. The number of benzene rings is 3. The monoisotopic (exact) mass is 458 g/mol. The number of rotatable bonds is 10. The summed E-state index contributed by atoms with van der Waals surface area (Å²) in [5.74, 6) is 0.815. The zero-order valence-corrected chi connectivity index (χ0v) is 18.3. The number of esters is 1. The molecule has 0 amide bonds. The van der Waals surface area contributed by atoms with Crippen LogP contribution in [0.3, 0.4) is 0 Å². The van der Waals surface area contributed by atoms with Crippen LogP contribution in [0.2, 0.25) is 0 Å².